The van der Waals surface area contributed by atoms with Gasteiger partial charge in [-0.2, -0.15) is 0 Å². The van der Waals surface area contributed by atoms with Crippen molar-refractivity contribution in [3.05, 3.63) is 29.6 Å². The number of sulfonamides is 1. The fourth-order valence-electron chi connectivity index (χ4n) is 2.71. The predicted molar refractivity (Wildman–Crippen MR) is 90.7 cm³/mol. The van der Waals surface area contributed by atoms with Crippen molar-refractivity contribution in [3.63, 3.8) is 0 Å². The molecule has 1 saturated heterocycles. The summed E-state index contributed by atoms with van der Waals surface area (Å²) in [6, 6.07) is 2.61. The lowest BCUT2D eigenvalue weighted by atomic mass is 10.1. The summed E-state index contributed by atoms with van der Waals surface area (Å²) >= 11 is 0. The Balaban J connectivity index is 0.00000288. The van der Waals surface area contributed by atoms with Crippen LogP contribution in [0.5, 0.6) is 0 Å². The summed E-state index contributed by atoms with van der Waals surface area (Å²) in [5.74, 6) is -2.45. The van der Waals surface area contributed by atoms with Gasteiger partial charge in [0, 0.05) is 6.04 Å². The zero-order valence-corrected chi connectivity index (χ0v) is 15.0. The van der Waals surface area contributed by atoms with Crippen molar-refractivity contribution in [3.8, 4) is 0 Å². The maximum atomic E-state index is 13.4. The molecule has 0 radical (unpaired) electrons. The van der Waals surface area contributed by atoms with Gasteiger partial charge in [-0.25, -0.2) is 22.3 Å². The van der Waals surface area contributed by atoms with Crippen LogP contribution in [0.1, 0.15) is 36.5 Å². The van der Waals surface area contributed by atoms with Gasteiger partial charge in [0.05, 0.1) is 10.5 Å². The molecule has 1 heterocycles. The van der Waals surface area contributed by atoms with Gasteiger partial charge < -0.3 is 10.0 Å². The molecule has 0 bridgehead atoms. The number of carboxylic acid groups (broad SMARTS) is 1. The van der Waals surface area contributed by atoms with Gasteiger partial charge >= 0.3 is 5.97 Å². The number of benzene rings is 1. The molecule has 24 heavy (non-hydrogen) atoms. The molecule has 0 amide bonds. The lowest BCUT2D eigenvalue weighted by Gasteiger charge is -2.31. The molecule has 9 heteroatoms. The van der Waals surface area contributed by atoms with E-state index in [4.69, 9.17) is 5.11 Å². The van der Waals surface area contributed by atoms with E-state index in [9.17, 15) is 17.6 Å². The minimum Gasteiger partial charge on any atom is -0.478 e. The topological polar surface area (TPSA) is 86.7 Å². The second kappa shape index (κ2) is 8.75. The molecule has 0 aromatic heterocycles. The quantitative estimate of drug-likeness (QED) is 0.789. The number of halogens is 2. The molecule has 6 nitrogen and oxygen atoms in total. The predicted octanol–water partition coefficient (Wildman–Crippen LogP) is 2.10. The summed E-state index contributed by atoms with van der Waals surface area (Å²) in [5, 5.41) is 8.90. The summed E-state index contributed by atoms with van der Waals surface area (Å²) in [6.45, 7) is 4.75. The van der Waals surface area contributed by atoms with Crippen LogP contribution in [0, 0.1) is 5.82 Å². The molecular weight excluding hydrogens is 359 g/mol. The minimum atomic E-state index is -3.86. The Hall–Kier alpha value is -1.22. The van der Waals surface area contributed by atoms with Gasteiger partial charge in [0.25, 0.3) is 0 Å². The lowest BCUT2D eigenvalue weighted by Crippen LogP contribution is -2.44. The van der Waals surface area contributed by atoms with Crippen LogP contribution in [0.3, 0.4) is 0 Å². The number of hydrogen-bond donors (Lipinski definition) is 2. The number of carboxylic acids is 1. The van der Waals surface area contributed by atoms with Crippen molar-refractivity contribution in [1.29, 1.82) is 0 Å². The summed E-state index contributed by atoms with van der Waals surface area (Å²) in [5.41, 5.74) is -0.648. The van der Waals surface area contributed by atoms with Crippen LogP contribution in [0.15, 0.2) is 23.1 Å². The first-order valence-corrected chi connectivity index (χ1v) is 9.09. The number of hydrogen-bond acceptors (Lipinski definition) is 4. The van der Waals surface area contributed by atoms with Gasteiger partial charge in [0.15, 0.2) is 0 Å². The molecule has 136 valence electrons. The van der Waals surface area contributed by atoms with E-state index in [2.05, 4.69) is 16.5 Å². The Kier molecular flexibility index (Phi) is 7.59. The Labute approximate surface area is 147 Å². The van der Waals surface area contributed by atoms with Crippen molar-refractivity contribution < 1.29 is 22.7 Å². The zero-order valence-electron chi connectivity index (χ0n) is 13.4. The highest BCUT2D eigenvalue weighted by atomic mass is 35.5. The Morgan fingerprint density at radius 2 is 2.00 bits per heavy atom. The standard InChI is InChI=1S/C15H21FN2O4S.ClH/c1-2-7-18-8-5-11(6-9-18)17-23(21,22)12-3-4-14(16)13(10-12)15(19)20;/h3-4,10-11,17H,2,5-9H2,1H3,(H,19,20);1H. The fourth-order valence-corrected chi connectivity index (χ4v) is 4.04. The third-order valence-electron chi connectivity index (χ3n) is 3.93. The number of carbonyl (C=O) groups is 1. The van der Waals surface area contributed by atoms with E-state index in [1.165, 1.54) is 0 Å². The smallest absolute Gasteiger partial charge is 0.338 e. The van der Waals surface area contributed by atoms with Crippen LogP contribution in [-0.2, 0) is 10.0 Å². The van der Waals surface area contributed by atoms with E-state index in [1.54, 1.807) is 0 Å². The monoisotopic (exact) mass is 380 g/mol. The van der Waals surface area contributed by atoms with Crippen LogP contribution in [-0.4, -0.2) is 50.1 Å². The van der Waals surface area contributed by atoms with Gasteiger partial charge in [0.2, 0.25) is 10.0 Å². The van der Waals surface area contributed by atoms with E-state index in [1.807, 2.05) is 0 Å². The summed E-state index contributed by atoms with van der Waals surface area (Å²) < 4.78 is 40.7. The second-order valence-corrected chi connectivity index (χ2v) is 7.40. The van der Waals surface area contributed by atoms with Gasteiger partial charge in [-0.05, 0) is 57.1 Å². The van der Waals surface area contributed by atoms with Crippen molar-refractivity contribution >= 4 is 28.4 Å². The molecule has 1 aromatic carbocycles. The van der Waals surface area contributed by atoms with E-state index in [0.717, 1.165) is 44.3 Å². The van der Waals surface area contributed by atoms with Gasteiger partial charge in [-0.1, -0.05) is 6.92 Å². The number of piperidine rings is 1. The molecule has 1 fully saturated rings. The molecule has 0 saturated carbocycles. The minimum absolute atomic E-state index is 0. The van der Waals surface area contributed by atoms with Gasteiger partial charge in [-0.15, -0.1) is 12.4 Å². The van der Waals surface area contributed by atoms with Crippen LogP contribution >= 0.6 is 12.4 Å². The normalized spacial score (nSPS) is 16.6. The Morgan fingerprint density at radius 3 is 2.54 bits per heavy atom. The maximum Gasteiger partial charge on any atom is 0.338 e. The highest BCUT2D eigenvalue weighted by Crippen LogP contribution is 2.18. The summed E-state index contributed by atoms with van der Waals surface area (Å²) in [7, 11) is -3.86. The molecule has 2 N–H and O–H groups in total. The first-order chi connectivity index (χ1) is 10.8. The third-order valence-corrected chi connectivity index (χ3v) is 5.45. The van der Waals surface area contributed by atoms with Crippen molar-refractivity contribution in [2.45, 2.75) is 37.1 Å². The average molecular weight is 381 g/mol. The van der Waals surface area contributed by atoms with E-state index in [0.29, 0.717) is 12.8 Å². The molecule has 0 atom stereocenters. The fraction of sp³-hybridized carbons (Fsp3) is 0.533. The molecule has 1 aromatic rings. The van der Waals surface area contributed by atoms with E-state index >= 15 is 0 Å². The molecule has 1 aliphatic rings. The van der Waals surface area contributed by atoms with Crippen LogP contribution in [0.4, 0.5) is 4.39 Å². The largest absolute Gasteiger partial charge is 0.478 e. The van der Waals surface area contributed by atoms with Gasteiger partial charge in [-0.3, -0.25) is 0 Å². The first-order valence-electron chi connectivity index (χ1n) is 7.61. The summed E-state index contributed by atoms with van der Waals surface area (Å²) in [6.07, 6.45) is 2.46. The molecule has 0 aliphatic carbocycles. The SMILES string of the molecule is CCCN1CCC(NS(=O)(=O)c2ccc(F)c(C(=O)O)c2)CC1.Cl. The zero-order chi connectivity index (χ0) is 17.0. The molecule has 0 unspecified atom stereocenters. The molecule has 1 aliphatic heterocycles. The molecule has 2 rings (SSSR count). The van der Waals surface area contributed by atoms with Crippen LogP contribution in [0.25, 0.3) is 0 Å². The molecule has 0 spiro atoms. The van der Waals surface area contributed by atoms with Crippen molar-refractivity contribution in [2.24, 2.45) is 0 Å². The third kappa shape index (κ3) is 5.14. The number of likely N-dealkylation sites (tertiary alicyclic amines) is 1. The van der Waals surface area contributed by atoms with Gasteiger partial charge in [0.1, 0.15) is 5.82 Å². The number of aromatic carboxylic acids is 1. The van der Waals surface area contributed by atoms with Crippen molar-refractivity contribution in [2.75, 3.05) is 19.6 Å². The highest BCUT2D eigenvalue weighted by Gasteiger charge is 2.25. The Morgan fingerprint density at radius 1 is 1.38 bits per heavy atom. The lowest BCUT2D eigenvalue weighted by molar-refractivity contribution is 0.0691. The molecular formula is C15H22ClFN2O4S. The number of rotatable bonds is 6. The van der Waals surface area contributed by atoms with E-state index < -0.39 is 27.4 Å². The van der Waals surface area contributed by atoms with Crippen molar-refractivity contribution in [1.82, 2.24) is 9.62 Å². The maximum absolute atomic E-state index is 13.4. The average Bonchev–Trinajstić information content (AvgIpc) is 2.49. The Bertz CT molecular complexity index is 676. The second-order valence-electron chi connectivity index (χ2n) is 5.68. The summed E-state index contributed by atoms with van der Waals surface area (Å²) in [4.78, 5) is 13.0. The number of nitrogens with zero attached hydrogens (tertiary/aromatic N) is 1. The van der Waals surface area contributed by atoms with Crippen LogP contribution in [0.2, 0.25) is 0 Å². The highest BCUT2D eigenvalue weighted by molar-refractivity contribution is 7.89. The number of nitrogens with one attached hydrogen (secondary N) is 1. The first kappa shape index (κ1) is 20.8. The van der Waals surface area contributed by atoms with Crippen LogP contribution < -0.4 is 4.72 Å². The van der Waals surface area contributed by atoms with E-state index in [-0.39, 0.29) is 23.3 Å².